The maximum atomic E-state index is 8.82. The first-order valence-corrected chi connectivity index (χ1v) is 45.8. The molecular formula is C122H74N16. The number of benzene rings is 18. The van der Waals surface area contributed by atoms with Crippen molar-refractivity contribution in [2.24, 2.45) is 0 Å². The van der Waals surface area contributed by atoms with Gasteiger partial charge < -0.3 is 13.7 Å². The summed E-state index contributed by atoms with van der Waals surface area (Å²) < 4.78 is 55.7. The fourth-order valence-corrected chi connectivity index (χ4v) is 20.9. The number of hydrogen-bond donors (Lipinski definition) is 0. The lowest BCUT2D eigenvalue weighted by molar-refractivity contribution is 1.05. The SMILES string of the molecule is [2H]c1c([2H])c([2H])c(-n2c3ccccc3c3ccc(-c4nc(-n5c6ccccc6c6cc7ccccc7cc65)c5nccnc5n4)cc32)c([2H])c1[2H].c1ccc(-n2c3ccccc3c3ccc(-c4nc(-n5c6ccccc6c6cc7ccccc7cc65)c5cccnc5n4)cc32)cc1.c1ccc(-n2c3ccccc3c3ccc(-c4nc(-n5c6ccccc6c6cc7ccccc7cc65)c5ncccc5n4)cc32)cc1. The van der Waals surface area contributed by atoms with Gasteiger partial charge in [-0.1, -0.05) is 273 Å². The van der Waals surface area contributed by atoms with Crippen molar-refractivity contribution >= 4 is 196 Å². The third-order valence-corrected chi connectivity index (χ3v) is 27.0. The lowest BCUT2D eigenvalue weighted by Gasteiger charge is -2.13. The van der Waals surface area contributed by atoms with Crippen LogP contribution in [0.15, 0.2) is 449 Å². The number of para-hydroxylation sites is 9. The van der Waals surface area contributed by atoms with Crippen LogP contribution in [0, 0.1) is 0 Å². The molecule has 0 aliphatic rings. The lowest BCUT2D eigenvalue weighted by atomic mass is 10.1. The van der Waals surface area contributed by atoms with Gasteiger partial charge >= 0.3 is 0 Å². The zero-order valence-corrected chi connectivity index (χ0v) is 73.5. The van der Waals surface area contributed by atoms with Crippen molar-refractivity contribution in [1.82, 2.24) is 77.2 Å². The summed E-state index contributed by atoms with van der Waals surface area (Å²) in [4.78, 5) is 49.9. The van der Waals surface area contributed by atoms with Gasteiger partial charge in [-0.05, 0) is 184 Å². The van der Waals surface area contributed by atoms with Crippen LogP contribution in [0.4, 0.5) is 0 Å². The van der Waals surface area contributed by atoms with Crippen LogP contribution < -0.4 is 0 Å². The molecule has 0 amide bonds. The van der Waals surface area contributed by atoms with Gasteiger partial charge in [0.2, 0.25) is 0 Å². The molecule has 0 aliphatic heterocycles. The Balaban J connectivity index is 0.000000105. The fourth-order valence-electron chi connectivity index (χ4n) is 20.9. The third kappa shape index (κ3) is 12.4. The maximum absolute atomic E-state index is 8.82. The predicted molar refractivity (Wildman–Crippen MR) is 565 cm³/mol. The minimum absolute atomic E-state index is 0.0767. The Kier molecular flexibility index (Phi) is 16.5. The number of pyridine rings is 2. The summed E-state index contributed by atoms with van der Waals surface area (Å²) in [6, 6.07) is 135. The molecule has 12 heterocycles. The molecule has 0 fully saturated rings. The highest BCUT2D eigenvalue weighted by Gasteiger charge is 2.27. The third-order valence-electron chi connectivity index (χ3n) is 27.0. The second kappa shape index (κ2) is 31.3. The number of hydrogen-bond acceptors (Lipinski definition) is 10. The maximum Gasteiger partial charge on any atom is 0.184 e. The molecule has 0 radical (unpaired) electrons. The summed E-state index contributed by atoms with van der Waals surface area (Å²) in [5, 5.41) is 21.4. The Labute approximate surface area is 793 Å². The smallest absolute Gasteiger partial charge is 0.184 e. The van der Waals surface area contributed by atoms with Gasteiger partial charge in [-0.2, -0.15) is 0 Å². The van der Waals surface area contributed by atoms with Gasteiger partial charge in [0, 0.05) is 123 Å². The van der Waals surface area contributed by atoms with Crippen molar-refractivity contribution in [2.75, 3.05) is 0 Å². The van der Waals surface area contributed by atoms with Crippen LogP contribution in [-0.4, -0.2) is 77.2 Å². The molecular weight excluding hydrogens is 1690 g/mol. The predicted octanol–water partition coefficient (Wildman–Crippen LogP) is 29.5. The first kappa shape index (κ1) is 72.6. The molecule has 16 nitrogen and oxygen atoms in total. The minimum atomic E-state index is -0.438. The van der Waals surface area contributed by atoms with Crippen LogP contribution in [0.25, 0.3) is 265 Å². The molecule has 0 atom stereocenters. The highest BCUT2D eigenvalue weighted by Crippen LogP contribution is 2.45. The van der Waals surface area contributed by atoms with E-state index in [1.54, 1.807) is 23.2 Å². The first-order valence-electron chi connectivity index (χ1n) is 48.3. The first-order chi connectivity index (χ1) is 70.5. The van der Waals surface area contributed by atoms with E-state index in [-0.39, 0.29) is 17.8 Å². The van der Waals surface area contributed by atoms with E-state index in [9.17, 15) is 0 Å². The number of aromatic nitrogens is 16. The average Bonchev–Trinajstić information content (AvgIpc) is 1.59. The van der Waals surface area contributed by atoms with E-state index in [0.29, 0.717) is 56.7 Å². The molecule has 0 N–H and O–H groups in total. The molecule has 0 bridgehead atoms. The van der Waals surface area contributed by atoms with Gasteiger partial charge in [0.1, 0.15) is 5.52 Å². The number of fused-ring (bicyclic) bond motifs is 24. The molecule has 0 aliphatic carbocycles. The molecule has 18 aromatic carbocycles. The molecule has 0 spiro atoms. The molecule has 0 unspecified atom stereocenters. The van der Waals surface area contributed by atoms with Crippen molar-refractivity contribution in [3.63, 3.8) is 0 Å². The average molecular weight is 1770 g/mol. The minimum Gasteiger partial charge on any atom is -0.309 e. The zero-order valence-electron chi connectivity index (χ0n) is 78.5. The van der Waals surface area contributed by atoms with E-state index < -0.39 is 18.1 Å². The highest BCUT2D eigenvalue weighted by molar-refractivity contribution is 6.19. The van der Waals surface area contributed by atoms with Crippen LogP contribution >= 0.6 is 0 Å². The van der Waals surface area contributed by atoms with Gasteiger partial charge in [0.05, 0.1) is 84.0 Å². The van der Waals surface area contributed by atoms with Crippen molar-refractivity contribution < 1.29 is 6.85 Å². The van der Waals surface area contributed by atoms with Crippen LogP contribution in [0.5, 0.6) is 0 Å². The van der Waals surface area contributed by atoms with Gasteiger partial charge in [0.25, 0.3) is 0 Å². The summed E-state index contributed by atoms with van der Waals surface area (Å²) in [5.41, 5.74) is 20.3. The standard InChI is InChI=1S/2C41H25N5.C40H24N6/c1-2-13-29(14-3-1)45-35-18-8-6-15-30(35)32-21-20-28(25-37(32)45)40-43-34-17-10-22-42-39(34)41(44-40)46-36-19-9-7-16-31(36)33-23-26-11-4-5-12-27(26)24-38(33)46;1-2-13-29(14-3-1)45-35-18-8-6-15-30(35)32-21-20-28(25-37(32)45)39-43-40-33(17-10-22-42-40)41(44-39)46-36-19-9-7-16-31(36)34-23-26-11-4-5-12-27(26)24-38(34)46;1-2-12-28(13-3-1)45-33-16-8-6-14-29(33)31-19-18-27(24-35(31)45)38-43-39-37(41-20-21-42-39)40(44-38)46-34-17-9-7-15-30(34)32-22-25-10-4-5-11-26(25)23-36(32)46/h2*1-25H;1-24H/i;;1D,2D,3D,12D,13D. The second-order valence-electron chi connectivity index (χ2n) is 34.7. The Morgan fingerprint density at radius 3 is 0.935 bits per heavy atom. The molecule has 138 heavy (non-hydrogen) atoms. The van der Waals surface area contributed by atoms with Crippen LogP contribution in [0.1, 0.15) is 6.85 Å². The topological polar surface area (TPSA) is 158 Å². The lowest BCUT2D eigenvalue weighted by Crippen LogP contribution is -2.04. The molecule has 12 aromatic heterocycles. The van der Waals surface area contributed by atoms with Crippen molar-refractivity contribution in [3.8, 4) is 68.7 Å². The van der Waals surface area contributed by atoms with E-state index in [0.717, 1.165) is 127 Å². The van der Waals surface area contributed by atoms with Crippen LogP contribution in [0.3, 0.4) is 0 Å². The van der Waals surface area contributed by atoms with E-state index in [4.69, 9.17) is 51.7 Å². The fraction of sp³-hybridized carbons (Fsp3) is 0. The molecule has 16 heteroatoms. The summed E-state index contributed by atoms with van der Waals surface area (Å²) in [6.07, 6.45) is 6.88. The van der Waals surface area contributed by atoms with Crippen LogP contribution in [-0.2, 0) is 0 Å². The van der Waals surface area contributed by atoms with Crippen molar-refractivity contribution in [3.05, 3.63) is 449 Å². The van der Waals surface area contributed by atoms with E-state index in [2.05, 4.69) is 337 Å². The van der Waals surface area contributed by atoms with Gasteiger partial charge in [-0.15, -0.1) is 0 Å². The molecule has 30 rings (SSSR count). The van der Waals surface area contributed by atoms with E-state index in [1.807, 2.05) is 91.1 Å². The largest absolute Gasteiger partial charge is 0.309 e. The van der Waals surface area contributed by atoms with Crippen molar-refractivity contribution in [1.29, 1.82) is 0 Å². The van der Waals surface area contributed by atoms with Gasteiger partial charge in [-0.3, -0.25) is 18.7 Å². The summed E-state index contributed by atoms with van der Waals surface area (Å²) >= 11 is 0. The number of rotatable bonds is 9. The molecule has 0 saturated heterocycles. The Morgan fingerprint density at radius 2 is 0.486 bits per heavy atom. The van der Waals surface area contributed by atoms with Gasteiger partial charge in [0.15, 0.2) is 51.7 Å². The van der Waals surface area contributed by atoms with Crippen molar-refractivity contribution in [2.45, 2.75) is 0 Å². The second-order valence-corrected chi connectivity index (χ2v) is 34.7. The Bertz CT molecular complexity index is 10200. The summed E-state index contributed by atoms with van der Waals surface area (Å²) in [7, 11) is 0. The monoisotopic (exact) mass is 1770 g/mol. The Hall–Kier alpha value is -19.1. The van der Waals surface area contributed by atoms with Crippen LogP contribution in [0.2, 0.25) is 0 Å². The van der Waals surface area contributed by atoms with Gasteiger partial charge in [-0.25, -0.2) is 44.9 Å². The summed E-state index contributed by atoms with van der Waals surface area (Å²) in [6.45, 7) is 0. The molecule has 30 aromatic rings. The number of nitrogens with zero attached hydrogens (tertiary/aromatic N) is 16. The zero-order chi connectivity index (χ0) is 94.9. The Morgan fingerprint density at radius 1 is 0.181 bits per heavy atom. The normalized spacial score (nSPS) is 12.4. The molecule has 642 valence electrons. The molecule has 0 saturated carbocycles. The van der Waals surface area contributed by atoms with E-state index in [1.165, 1.54) is 75.7 Å². The van der Waals surface area contributed by atoms with E-state index >= 15 is 0 Å². The quantitative estimate of drug-likeness (QED) is 0.136. The summed E-state index contributed by atoms with van der Waals surface area (Å²) in [5.74, 6) is 3.87. The highest BCUT2D eigenvalue weighted by atomic mass is 15.1.